The van der Waals surface area contributed by atoms with Crippen LogP contribution in [0.5, 0.6) is 0 Å². The van der Waals surface area contributed by atoms with Gasteiger partial charge in [0.05, 0.1) is 18.4 Å². The minimum absolute atomic E-state index is 0.156. The van der Waals surface area contributed by atoms with Gasteiger partial charge in [0.2, 0.25) is 5.91 Å². The Morgan fingerprint density at radius 3 is 2.74 bits per heavy atom. The minimum Gasteiger partial charge on any atom is -0.376 e. The Hall–Kier alpha value is -1.08. The van der Waals surface area contributed by atoms with Crippen molar-refractivity contribution in [3.8, 4) is 0 Å². The molecule has 2 rings (SSSR count). The van der Waals surface area contributed by atoms with Crippen molar-refractivity contribution in [1.29, 1.82) is 0 Å². The third-order valence-corrected chi connectivity index (χ3v) is 5.07. The number of hydrogen-bond acceptors (Lipinski definition) is 5. The molecule has 7 heteroatoms. The fraction of sp³-hybridized carbons (Fsp3) is 0.812. The summed E-state index contributed by atoms with van der Waals surface area (Å²) in [6.45, 7) is 9.29. The number of hydrogen-bond donors (Lipinski definition) is 0. The van der Waals surface area contributed by atoms with Gasteiger partial charge in [-0.15, -0.1) is 10.2 Å². The summed E-state index contributed by atoms with van der Waals surface area (Å²) in [5.41, 5.74) is 0. The van der Waals surface area contributed by atoms with E-state index in [2.05, 4.69) is 21.7 Å². The van der Waals surface area contributed by atoms with E-state index < -0.39 is 0 Å². The van der Waals surface area contributed by atoms with Crippen LogP contribution in [0.3, 0.4) is 0 Å². The second-order valence-electron chi connectivity index (χ2n) is 5.75. The van der Waals surface area contributed by atoms with Gasteiger partial charge < -0.3 is 14.2 Å². The Labute approximate surface area is 143 Å². The molecule has 1 atom stereocenters. The zero-order chi connectivity index (χ0) is 16.7. The molecule has 6 nitrogen and oxygen atoms in total. The highest BCUT2D eigenvalue weighted by Gasteiger charge is 2.21. The van der Waals surface area contributed by atoms with Crippen molar-refractivity contribution in [2.75, 3.05) is 25.4 Å². The van der Waals surface area contributed by atoms with Crippen molar-refractivity contribution < 1.29 is 9.53 Å². The summed E-state index contributed by atoms with van der Waals surface area (Å²) in [6, 6.07) is 0. The second kappa shape index (κ2) is 9.27. The van der Waals surface area contributed by atoms with Crippen molar-refractivity contribution in [1.82, 2.24) is 19.7 Å². The lowest BCUT2D eigenvalue weighted by Gasteiger charge is -2.18. The van der Waals surface area contributed by atoms with Gasteiger partial charge in [-0.05, 0) is 33.1 Å². The normalized spacial score (nSPS) is 17.6. The van der Waals surface area contributed by atoms with Crippen LogP contribution in [0.4, 0.5) is 0 Å². The molecule has 0 bridgehead atoms. The van der Waals surface area contributed by atoms with Crippen LogP contribution in [0.1, 0.15) is 45.9 Å². The fourth-order valence-corrected chi connectivity index (χ4v) is 3.67. The Morgan fingerprint density at radius 2 is 2.13 bits per heavy atom. The van der Waals surface area contributed by atoms with Crippen LogP contribution < -0.4 is 0 Å². The lowest BCUT2D eigenvalue weighted by molar-refractivity contribution is -0.127. The van der Waals surface area contributed by atoms with Gasteiger partial charge in [-0.2, -0.15) is 0 Å². The van der Waals surface area contributed by atoms with Crippen molar-refractivity contribution in [3.63, 3.8) is 0 Å². The molecule has 1 amide bonds. The number of carbonyl (C=O) groups excluding carboxylic acids is 1. The molecule has 0 aliphatic carbocycles. The maximum atomic E-state index is 12.2. The average molecular weight is 340 g/mol. The Morgan fingerprint density at radius 1 is 1.35 bits per heavy atom. The van der Waals surface area contributed by atoms with E-state index in [1.54, 1.807) is 0 Å². The van der Waals surface area contributed by atoms with Gasteiger partial charge in [0.1, 0.15) is 5.82 Å². The molecule has 1 aliphatic rings. The molecule has 1 fully saturated rings. The van der Waals surface area contributed by atoms with Gasteiger partial charge in [0.15, 0.2) is 5.16 Å². The van der Waals surface area contributed by atoms with Crippen LogP contribution in [0.25, 0.3) is 0 Å². The summed E-state index contributed by atoms with van der Waals surface area (Å²) in [5, 5.41) is 9.47. The van der Waals surface area contributed by atoms with Crippen molar-refractivity contribution in [2.45, 2.75) is 64.3 Å². The van der Waals surface area contributed by atoms with E-state index in [-0.39, 0.29) is 12.0 Å². The summed E-state index contributed by atoms with van der Waals surface area (Å²) >= 11 is 1.49. The molecule has 0 spiro atoms. The van der Waals surface area contributed by atoms with Gasteiger partial charge in [0, 0.05) is 26.1 Å². The topological polar surface area (TPSA) is 60.2 Å². The first-order valence-corrected chi connectivity index (χ1v) is 9.62. The lowest BCUT2D eigenvalue weighted by Crippen LogP contribution is -2.32. The summed E-state index contributed by atoms with van der Waals surface area (Å²) < 4.78 is 7.90. The molecule has 0 unspecified atom stereocenters. The van der Waals surface area contributed by atoms with E-state index in [1.807, 2.05) is 18.7 Å². The molecule has 0 saturated carbocycles. The van der Waals surface area contributed by atoms with Gasteiger partial charge in [0.25, 0.3) is 0 Å². The SMILES string of the molecule is CCCc1nnc(SCC(=O)N(CC)CC)n1C[C@@H]1CCCO1. The molecule has 23 heavy (non-hydrogen) atoms. The van der Waals surface area contributed by atoms with E-state index in [1.165, 1.54) is 11.8 Å². The molecule has 0 radical (unpaired) electrons. The van der Waals surface area contributed by atoms with Crippen molar-refractivity contribution in [2.24, 2.45) is 0 Å². The highest BCUT2D eigenvalue weighted by molar-refractivity contribution is 7.99. The van der Waals surface area contributed by atoms with Crippen LogP contribution in [-0.4, -0.2) is 57.1 Å². The van der Waals surface area contributed by atoms with E-state index >= 15 is 0 Å². The molecule has 1 aromatic rings. The van der Waals surface area contributed by atoms with Crippen LogP contribution >= 0.6 is 11.8 Å². The number of ether oxygens (including phenoxy) is 1. The van der Waals surface area contributed by atoms with E-state index in [4.69, 9.17) is 4.74 Å². The number of carbonyl (C=O) groups is 1. The number of aryl methyl sites for hydroxylation is 1. The predicted octanol–water partition coefficient (Wildman–Crippen LogP) is 2.37. The maximum Gasteiger partial charge on any atom is 0.233 e. The Balaban J connectivity index is 2.03. The minimum atomic E-state index is 0.156. The summed E-state index contributed by atoms with van der Waals surface area (Å²) in [6.07, 6.45) is 4.40. The van der Waals surface area contributed by atoms with E-state index in [0.29, 0.717) is 5.75 Å². The molecule has 2 heterocycles. The van der Waals surface area contributed by atoms with Crippen molar-refractivity contribution in [3.05, 3.63) is 5.82 Å². The van der Waals surface area contributed by atoms with Gasteiger partial charge in [-0.1, -0.05) is 18.7 Å². The molecule has 0 aromatic carbocycles. The molecular weight excluding hydrogens is 312 g/mol. The monoisotopic (exact) mass is 340 g/mol. The van der Waals surface area contributed by atoms with Gasteiger partial charge >= 0.3 is 0 Å². The zero-order valence-corrected chi connectivity index (χ0v) is 15.3. The largest absolute Gasteiger partial charge is 0.376 e. The number of thioether (sulfide) groups is 1. The summed E-state index contributed by atoms with van der Waals surface area (Å²) in [5.74, 6) is 1.57. The first kappa shape index (κ1) is 18.3. The lowest BCUT2D eigenvalue weighted by atomic mass is 10.2. The number of amides is 1. The molecule has 130 valence electrons. The van der Waals surface area contributed by atoms with E-state index in [0.717, 1.165) is 62.9 Å². The molecule has 1 aromatic heterocycles. The number of aromatic nitrogens is 3. The maximum absolute atomic E-state index is 12.2. The number of nitrogens with zero attached hydrogens (tertiary/aromatic N) is 4. The molecule has 0 N–H and O–H groups in total. The van der Waals surface area contributed by atoms with Crippen LogP contribution in [-0.2, 0) is 22.5 Å². The van der Waals surface area contributed by atoms with Crippen LogP contribution in [0, 0.1) is 0 Å². The number of rotatable bonds is 9. The third-order valence-electron chi connectivity index (χ3n) is 4.12. The first-order valence-electron chi connectivity index (χ1n) is 8.63. The van der Waals surface area contributed by atoms with Crippen LogP contribution in [0.2, 0.25) is 0 Å². The summed E-state index contributed by atoms with van der Waals surface area (Å²) in [7, 11) is 0. The molecule has 1 aliphatic heterocycles. The smallest absolute Gasteiger partial charge is 0.233 e. The third kappa shape index (κ3) is 4.94. The highest BCUT2D eigenvalue weighted by Crippen LogP contribution is 2.22. The average Bonchev–Trinajstić information content (AvgIpc) is 3.19. The molecule has 1 saturated heterocycles. The standard InChI is InChI=1S/C16H28N4O2S/c1-4-8-14-17-18-16(20(14)11-13-9-7-10-22-13)23-12-15(21)19(5-2)6-3/h13H,4-12H2,1-3H3/t13-/m0/s1. The quantitative estimate of drug-likeness (QED) is 0.646. The first-order chi connectivity index (χ1) is 11.2. The van der Waals surface area contributed by atoms with Gasteiger partial charge in [-0.25, -0.2) is 0 Å². The fourth-order valence-electron chi connectivity index (χ4n) is 2.80. The Kier molecular flexibility index (Phi) is 7.36. The summed E-state index contributed by atoms with van der Waals surface area (Å²) in [4.78, 5) is 14.0. The Bertz CT molecular complexity index is 496. The second-order valence-corrected chi connectivity index (χ2v) is 6.69. The van der Waals surface area contributed by atoms with Crippen molar-refractivity contribution >= 4 is 17.7 Å². The zero-order valence-electron chi connectivity index (χ0n) is 14.5. The molecular formula is C16H28N4O2S. The van der Waals surface area contributed by atoms with E-state index in [9.17, 15) is 4.79 Å². The van der Waals surface area contributed by atoms with Crippen LogP contribution in [0.15, 0.2) is 5.16 Å². The van der Waals surface area contributed by atoms with Gasteiger partial charge in [-0.3, -0.25) is 4.79 Å². The predicted molar refractivity (Wildman–Crippen MR) is 91.6 cm³/mol. The highest BCUT2D eigenvalue weighted by atomic mass is 32.2.